The first-order valence-electron chi connectivity index (χ1n) is 14.9. The quantitative estimate of drug-likeness (QED) is 0.204. The Morgan fingerprint density at radius 3 is 1.41 bits per heavy atom. The second kappa shape index (κ2) is 17.8. The fourth-order valence-electron chi connectivity index (χ4n) is 4.99. The predicted octanol–water partition coefficient (Wildman–Crippen LogP) is 6.87. The van der Waals surface area contributed by atoms with E-state index >= 15 is 0 Å². The van der Waals surface area contributed by atoms with Gasteiger partial charge in [-0.2, -0.15) is 0 Å². The standard InChI is InChI=1S/C33H52N4O2/c1-7-9-21-37(25-31(39)35-33-28(5)19-16-20-29(33)6)23-14-12-10-11-13-22-36(8-2)24-30(38)34-32-26(3)17-15-18-27(32)4/h15-20H,7-14,21-25H2,1-6H3,(H,34,38)(H,35,39). The van der Waals surface area contributed by atoms with Crippen molar-refractivity contribution in [1.82, 2.24) is 9.80 Å². The minimum atomic E-state index is 0.0584. The highest BCUT2D eigenvalue weighted by Gasteiger charge is 2.14. The van der Waals surface area contributed by atoms with E-state index in [-0.39, 0.29) is 11.8 Å². The summed E-state index contributed by atoms with van der Waals surface area (Å²) in [6, 6.07) is 12.2. The molecule has 0 aliphatic heterocycles. The molecule has 0 radical (unpaired) electrons. The molecule has 0 saturated heterocycles. The normalized spacial score (nSPS) is 11.3. The van der Waals surface area contributed by atoms with E-state index < -0.39 is 0 Å². The molecule has 0 atom stereocenters. The molecule has 0 spiro atoms. The molecule has 2 rings (SSSR count). The average molecular weight is 537 g/mol. The molecule has 0 aliphatic carbocycles. The number of hydrogen-bond acceptors (Lipinski definition) is 4. The second-order valence-electron chi connectivity index (χ2n) is 10.9. The molecule has 2 aromatic carbocycles. The Kier molecular flexibility index (Phi) is 14.8. The number of carbonyl (C=O) groups excluding carboxylic acids is 2. The maximum absolute atomic E-state index is 12.8. The molecule has 39 heavy (non-hydrogen) atoms. The van der Waals surface area contributed by atoms with Crippen LogP contribution in [0.4, 0.5) is 11.4 Å². The summed E-state index contributed by atoms with van der Waals surface area (Å²) in [5, 5.41) is 6.24. The zero-order chi connectivity index (χ0) is 28.6. The van der Waals surface area contributed by atoms with E-state index in [9.17, 15) is 9.59 Å². The van der Waals surface area contributed by atoms with Crippen LogP contribution in [0.25, 0.3) is 0 Å². The molecular formula is C33H52N4O2. The van der Waals surface area contributed by atoms with E-state index in [1.54, 1.807) is 0 Å². The van der Waals surface area contributed by atoms with E-state index in [0.717, 1.165) is 91.9 Å². The van der Waals surface area contributed by atoms with Crippen molar-refractivity contribution in [3.05, 3.63) is 58.7 Å². The number of unbranched alkanes of at least 4 members (excludes halogenated alkanes) is 5. The van der Waals surface area contributed by atoms with Gasteiger partial charge in [0.1, 0.15) is 0 Å². The van der Waals surface area contributed by atoms with Crippen LogP contribution in [0.1, 0.15) is 81.0 Å². The van der Waals surface area contributed by atoms with Gasteiger partial charge in [-0.05, 0) is 95.4 Å². The molecule has 6 heteroatoms. The third kappa shape index (κ3) is 11.9. The first-order chi connectivity index (χ1) is 18.7. The number of amides is 2. The molecule has 216 valence electrons. The lowest BCUT2D eigenvalue weighted by atomic mass is 10.1. The molecule has 0 unspecified atom stereocenters. The summed E-state index contributed by atoms with van der Waals surface area (Å²) in [5.74, 6) is 0.132. The lowest BCUT2D eigenvalue weighted by molar-refractivity contribution is -0.118. The van der Waals surface area contributed by atoms with Gasteiger partial charge >= 0.3 is 0 Å². The largest absolute Gasteiger partial charge is 0.324 e. The molecule has 0 fully saturated rings. The van der Waals surface area contributed by atoms with Crippen LogP contribution in [0.15, 0.2) is 36.4 Å². The number of nitrogens with zero attached hydrogens (tertiary/aromatic N) is 2. The van der Waals surface area contributed by atoms with E-state index in [1.165, 1.54) is 12.8 Å². The summed E-state index contributed by atoms with van der Waals surface area (Å²) in [7, 11) is 0. The van der Waals surface area contributed by atoms with E-state index in [2.05, 4.69) is 34.3 Å². The van der Waals surface area contributed by atoms with Gasteiger partial charge in [0.15, 0.2) is 0 Å². The average Bonchev–Trinajstić information content (AvgIpc) is 2.90. The molecule has 0 heterocycles. The SMILES string of the molecule is CCCCN(CCCCCCCN(CC)CC(=O)Nc1c(C)cccc1C)CC(=O)Nc1c(C)cccc1C. The number of para-hydroxylation sites is 2. The lowest BCUT2D eigenvalue weighted by Gasteiger charge is -2.22. The summed E-state index contributed by atoms with van der Waals surface area (Å²) in [4.78, 5) is 29.9. The highest BCUT2D eigenvalue weighted by atomic mass is 16.2. The molecule has 0 aromatic heterocycles. The number of rotatable bonds is 18. The topological polar surface area (TPSA) is 64.7 Å². The predicted molar refractivity (Wildman–Crippen MR) is 166 cm³/mol. The van der Waals surface area contributed by atoms with Crippen LogP contribution in [0.2, 0.25) is 0 Å². The van der Waals surface area contributed by atoms with Gasteiger partial charge in [-0.15, -0.1) is 0 Å². The summed E-state index contributed by atoms with van der Waals surface area (Å²) >= 11 is 0. The third-order valence-electron chi connectivity index (χ3n) is 7.45. The molecule has 0 aliphatic rings. The van der Waals surface area contributed by atoms with Gasteiger partial charge < -0.3 is 10.6 Å². The molecular weight excluding hydrogens is 484 g/mol. The van der Waals surface area contributed by atoms with Gasteiger partial charge in [-0.1, -0.05) is 75.9 Å². The zero-order valence-corrected chi connectivity index (χ0v) is 25.4. The molecule has 0 bridgehead atoms. The molecule has 2 N–H and O–H groups in total. The van der Waals surface area contributed by atoms with Crippen LogP contribution in [-0.2, 0) is 9.59 Å². The van der Waals surface area contributed by atoms with Crippen LogP contribution >= 0.6 is 0 Å². The maximum atomic E-state index is 12.8. The zero-order valence-electron chi connectivity index (χ0n) is 25.4. The van der Waals surface area contributed by atoms with Crippen LogP contribution in [-0.4, -0.2) is 60.9 Å². The monoisotopic (exact) mass is 536 g/mol. The molecule has 2 amide bonds. The maximum Gasteiger partial charge on any atom is 0.238 e. The van der Waals surface area contributed by atoms with E-state index in [4.69, 9.17) is 0 Å². The highest BCUT2D eigenvalue weighted by Crippen LogP contribution is 2.20. The number of nitrogens with one attached hydrogen (secondary N) is 2. The van der Waals surface area contributed by atoms with Gasteiger partial charge in [-0.3, -0.25) is 19.4 Å². The Balaban J connectivity index is 1.67. The van der Waals surface area contributed by atoms with Crippen LogP contribution in [0, 0.1) is 27.7 Å². The van der Waals surface area contributed by atoms with Crippen LogP contribution in [0.5, 0.6) is 0 Å². The molecule has 2 aromatic rings. The van der Waals surface area contributed by atoms with Crippen molar-refractivity contribution >= 4 is 23.2 Å². The number of carbonyl (C=O) groups is 2. The van der Waals surface area contributed by atoms with Crippen LogP contribution in [0.3, 0.4) is 0 Å². The van der Waals surface area contributed by atoms with Crippen molar-refractivity contribution in [1.29, 1.82) is 0 Å². The number of hydrogen-bond donors (Lipinski definition) is 2. The van der Waals surface area contributed by atoms with Crippen molar-refractivity contribution in [2.24, 2.45) is 0 Å². The number of aryl methyl sites for hydroxylation is 4. The molecule has 0 saturated carbocycles. The Hall–Kier alpha value is -2.70. The van der Waals surface area contributed by atoms with Gasteiger partial charge in [0.25, 0.3) is 0 Å². The summed E-state index contributed by atoms with van der Waals surface area (Å²) in [6.45, 7) is 17.1. The fraction of sp³-hybridized carbons (Fsp3) is 0.576. The van der Waals surface area contributed by atoms with Crippen molar-refractivity contribution < 1.29 is 9.59 Å². The molecule has 6 nitrogen and oxygen atoms in total. The smallest absolute Gasteiger partial charge is 0.238 e. The van der Waals surface area contributed by atoms with Crippen molar-refractivity contribution in [3.8, 4) is 0 Å². The van der Waals surface area contributed by atoms with E-state index in [1.807, 2.05) is 64.1 Å². The van der Waals surface area contributed by atoms with Gasteiger partial charge in [-0.25, -0.2) is 0 Å². The summed E-state index contributed by atoms with van der Waals surface area (Å²) in [6.07, 6.45) is 7.96. The fourth-order valence-corrected chi connectivity index (χ4v) is 4.99. The highest BCUT2D eigenvalue weighted by molar-refractivity contribution is 5.94. The number of anilines is 2. The second-order valence-corrected chi connectivity index (χ2v) is 10.9. The number of benzene rings is 2. The van der Waals surface area contributed by atoms with Crippen LogP contribution < -0.4 is 10.6 Å². The Labute approximate surface area is 237 Å². The summed E-state index contributed by atoms with van der Waals surface area (Å²) < 4.78 is 0. The Bertz CT molecular complexity index is 996. The third-order valence-corrected chi connectivity index (χ3v) is 7.45. The first-order valence-corrected chi connectivity index (χ1v) is 14.9. The Morgan fingerprint density at radius 2 is 0.974 bits per heavy atom. The van der Waals surface area contributed by atoms with Crippen molar-refractivity contribution in [2.75, 3.05) is 49.9 Å². The minimum Gasteiger partial charge on any atom is -0.324 e. The van der Waals surface area contributed by atoms with E-state index in [0.29, 0.717) is 13.1 Å². The van der Waals surface area contributed by atoms with Gasteiger partial charge in [0, 0.05) is 11.4 Å². The number of likely N-dealkylation sites (N-methyl/N-ethyl adjacent to an activating group) is 1. The van der Waals surface area contributed by atoms with Gasteiger partial charge in [0.2, 0.25) is 11.8 Å². The van der Waals surface area contributed by atoms with Crippen molar-refractivity contribution in [2.45, 2.75) is 86.5 Å². The van der Waals surface area contributed by atoms with Gasteiger partial charge in [0.05, 0.1) is 13.1 Å². The van der Waals surface area contributed by atoms with Crippen molar-refractivity contribution in [3.63, 3.8) is 0 Å². The minimum absolute atomic E-state index is 0.0584. The summed E-state index contributed by atoms with van der Waals surface area (Å²) in [5.41, 5.74) is 6.29. The Morgan fingerprint density at radius 1 is 0.590 bits per heavy atom. The lowest BCUT2D eigenvalue weighted by Crippen LogP contribution is -2.35. The first kappa shape index (κ1) is 32.5.